The van der Waals surface area contributed by atoms with E-state index in [4.69, 9.17) is 6.42 Å². The van der Waals surface area contributed by atoms with Crippen LogP contribution in [0.4, 0.5) is 0 Å². The summed E-state index contributed by atoms with van der Waals surface area (Å²) in [5.41, 5.74) is 0.637. The molecule has 0 rings (SSSR count). The summed E-state index contributed by atoms with van der Waals surface area (Å²) < 4.78 is 0.729. The molecule has 0 aliphatic heterocycles. The Bertz CT molecular complexity index is 216. The van der Waals surface area contributed by atoms with Crippen LogP contribution in [0.15, 0.2) is 8.96 Å². The van der Waals surface area contributed by atoms with Crippen LogP contribution in [0, 0.1) is 24.2 Å². The smallest absolute Gasteiger partial charge is 0.0953 e. The van der Waals surface area contributed by atoms with Crippen LogP contribution in [-0.4, -0.2) is 0 Å². The van der Waals surface area contributed by atoms with E-state index in [9.17, 15) is 0 Å². The van der Waals surface area contributed by atoms with Crippen molar-refractivity contribution >= 4 is 31.9 Å². The first-order valence-electron chi connectivity index (χ1n) is 2.17. The lowest BCUT2D eigenvalue weighted by atomic mass is 10.3. The topological polar surface area (TPSA) is 0 Å². The summed E-state index contributed by atoms with van der Waals surface area (Å²) in [6, 6.07) is 0. The maximum absolute atomic E-state index is 5.09. The minimum Gasteiger partial charge on any atom is -0.114 e. The van der Waals surface area contributed by atoms with E-state index in [-0.39, 0.29) is 0 Å². The fraction of sp³-hybridized carbons (Fsp3) is 0.143. The van der Waals surface area contributed by atoms with Crippen LogP contribution in [0.25, 0.3) is 0 Å². The zero-order valence-corrected chi connectivity index (χ0v) is 8.01. The molecule has 0 aromatic carbocycles. The normalized spacial score (nSPS) is 6.44. The van der Waals surface area contributed by atoms with Gasteiger partial charge in [-0.2, -0.15) is 0 Å². The molecule has 0 heterocycles. The van der Waals surface area contributed by atoms with Crippen molar-refractivity contribution in [1.29, 1.82) is 0 Å². The molecule has 2 heteroatoms. The third-order valence-corrected chi connectivity index (χ3v) is 1.38. The summed E-state index contributed by atoms with van der Waals surface area (Å²) in [6.45, 7) is 1.74. The predicted octanol–water partition coefficient (Wildman–Crippen LogP) is 2.64. The number of hydrogen-bond acceptors (Lipinski definition) is 0. The van der Waals surface area contributed by atoms with Gasteiger partial charge in [0.2, 0.25) is 0 Å². The van der Waals surface area contributed by atoms with E-state index in [1.807, 2.05) is 0 Å². The molecule has 9 heavy (non-hydrogen) atoms. The van der Waals surface area contributed by atoms with Crippen LogP contribution in [0.3, 0.4) is 0 Å². The molecule has 0 aromatic rings. The van der Waals surface area contributed by atoms with Gasteiger partial charge in [0.15, 0.2) is 0 Å². The van der Waals surface area contributed by atoms with Crippen LogP contribution in [-0.2, 0) is 0 Å². The van der Waals surface area contributed by atoms with Gasteiger partial charge < -0.3 is 0 Å². The maximum atomic E-state index is 5.09. The Labute approximate surface area is 72.0 Å². The second kappa shape index (κ2) is 4.68. The van der Waals surface area contributed by atoms with Crippen molar-refractivity contribution in [2.24, 2.45) is 0 Å². The van der Waals surface area contributed by atoms with Crippen LogP contribution >= 0.6 is 31.9 Å². The first kappa shape index (κ1) is 8.82. The van der Waals surface area contributed by atoms with Gasteiger partial charge >= 0.3 is 0 Å². The second-order valence-electron chi connectivity index (χ2n) is 1.15. The summed E-state index contributed by atoms with van der Waals surface area (Å²) in [4.78, 5) is 0. The molecule has 0 atom stereocenters. The third-order valence-electron chi connectivity index (χ3n) is 0.583. The Kier molecular flexibility index (Phi) is 4.58. The van der Waals surface area contributed by atoms with Gasteiger partial charge in [-0.15, -0.1) is 12.3 Å². The van der Waals surface area contributed by atoms with Crippen molar-refractivity contribution in [2.45, 2.75) is 6.92 Å². The molecule has 0 amide bonds. The molecule has 0 aromatic heterocycles. The molecule has 0 unspecified atom stereocenters. The van der Waals surface area contributed by atoms with Crippen LogP contribution in [0.5, 0.6) is 0 Å². The molecule has 0 bridgehead atoms. The van der Waals surface area contributed by atoms with Crippen molar-refractivity contribution in [3.63, 3.8) is 0 Å². The fourth-order valence-corrected chi connectivity index (χ4v) is 0.690. The molecule has 0 fully saturated rings. The lowest BCUT2D eigenvalue weighted by Gasteiger charge is -1.83. The van der Waals surface area contributed by atoms with E-state index < -0.39 is 0 Å². The van der Waals surface area contributed by atoms with Crippen molar-refractivity contribution < 1.29 is 0 Å². The Morgan fingerprint density at radius 1 is 1.44 bits per heavy atom. The first-order chi connectivity index (χ1) is 4.22. The molecule has 0 nitrogen and oxygen atoms in total. The lowest BCUT2D eigenvalue weighted by Crippen LogP contribution is -1.69. The quantitative estimate of drug-likeness (QED) is 0.578. The van der Waals surface area contributed by atoms with Gasteiger partial charge in [0.25, 0.3) is 0 Å². The molecule has 0 radical (unpaired) electrons. The molecule has 0 aliphatic rings. The van der Waals surface area contributed by atoms with Gasteiger partial charge in [-0.25, -0.2) is 0 Å². The zero-order chi connectivity index (χ0) is 7.28. The van der Waals surface area contributed by atoms with E-state index in [0.717, 1.165) is 3.39 Å². The highest BCUT2D eigenvalue weighted by atomic mass is 79.9. The number of halogens is 2. The Hall–Kier alpha value is -0.180. The summed E-state index contributed by atoms with van der Waals surface area (Å²) in [7, 11) is 0. The van der Waals surface area contributed by atoms with Crippen LogP contribution in [0.1, 0.15) is 6.92 Å². The molecule has 0 spiro atoms. The van der Waals surface area contributed by atoms with Crippen LogP contribution < -0.4 is 0 Å². The highest BCUT2D eigenvalue weighted by molar-refractivity contribution is 9.28. The minimum atomic E-state index is 0.637. The average Bonchev–Trinajstić information content (AvgIpc) is 1.82. The van der Waals surface area contributed by atoms with Crippen LogP contribution in [0.2, 0.25) is 0 Å². The van der Waals surface area contributed by atoms with E-state index in [1.165, 1.54) is 0 Å². The van der Waals surface area contributed by atoms with Gasteiger partial charge in [-0.3, -0.25) is 0 Å². The fourth-order valence-electron chi connectivity index (χ4n) is 0.263. The van der Waals surface area contributed by atoms with Crippen molar-refractivity contribution in [1.82, 2.24) is 0 Å². The Morgan fingerprint density at radius 2 is 2.00 bits per heavy atom. The molecule has 0 saturated heterocycles. The Balaban J connectivity index is 4.55. The maximum Gasteiger partial charge on any atom is 0.0953 e. The number of terminal acetylenes is 1. The first-order valence-corrected chi connectivity index (χ1v) is 3.75. The average molecular weight is 248 g/mol. The van der Waals surface area contributed by atoms with Gasteiger partial charge in [-0.1, -0.05) is 11.8 Å². The summed E-state index contributed by atoms with van der Waals surface area (Å²) in [6.07, 6.45) is 5.09. The van der Waals surface area contributed by atoms with Crippen molar-refractivity contribution in [2.75, 3.05) is 0 Å². The number of hydrogen-bond donors (Lipinski definition) is 0. The van der Waals surface area contributed by atoms with Gasteiger partial charge in [0.1, 0.15) is 0 Å². The molecule has 46 valence electrons. The van der Waals surface area contributed by atoms with Gasteiger partial charge in [0, 0.05) is 0 Å². The van der Waals surface area contributed by atoms with Crippen molar-refractivity contribution in [3.05, 3.63) is 8.96 Å². The van der Waals surface area contributed by atoms with E-state index in [1.54, 1.807) is 6.92 Å². The van der Waals surface area contributed by atoms with Crippen molar-refractivity contribution in [3.8, 4) is 24.2 Å². The number of allylic oxidation sites excluding steroid dienone is 1. The number of rotatable bonds is 0. The second-order valence-corrected chi connectivity index (χ2v) is 3.80. The summed E-state index contributed by atoms with van der Waals surface area (Å²) >= 11 is 6.31. The standard InChI is InChI=1S/C7H4Br2/c1-3-5-6(4-2)7(8)9/h2H,1H3. The van der Waals surface area contributed by atoms with E-state index in [2.05, 4.69) is 49.6 Å². The molecule has 0 aliphatic carbocycles. The lowest BCUT2D eigenvalue weighted by molar-refractivity contribution is 1.86. The third kappa shape index (κ3) is 3.40. The zero-order valence-electron chi connectivity index (χ0n) is 4.83. The molecule has 0 N–H and O–H groups in total. The largest absolute Gasteiger partial charge is 0.114 e. The predicted molar refractivity (Wildman–Crippen MR) is 47.2 cm³/mol. The SMILES string of the molecule is C#CC(C#CC)=C(Br)Br. The van der Waals surface area contributed by atoms with Gasteiger partial charge in [0.05, 0.1) is 8.96 Å². The highest BCUT2D eigenvalue weighted by Gasteiger charge is 1.89. The minimum absolute atomic E-state index is 0.637. The summed E-state index contributed by atoms with van der Waals surface area (Å²) in [5.74, 6) is 7.84. The monoisotopic (exact) mass is 246 g/mol. The highest BCUT2D eigenvalue weighted by Crippen LogP contribution is 2.17. The molecule has 0 saturated carbocycles. The molecular formula is C7H4Br2. The van der Waals surface area contributed by atoms with E-state index >= 15 is 0 Å². The van der Waals surface area contributed by atoms with Gasteiger partial charge in [-0.05, 0) is 38.8 Å². The molecular weight excluding hydrogens is 244 g/mol. The van der Waals surface area contributed by atoms with E-state index in [0.29, 0.717) is 5.57 Å². The Morgan fingerprint density at radius 3 is 2.11 bits per heavy atom. The summed E-state index contributed by atoms with van der Waals surface area (Å²) in [5, 5.41) is 0.